The van der Waals surface area contributed by atoms with Gasteiger partial charge in [-0.05, 0) is 43.0 Å². The van der Waals surface area contributed by atoms with Crippen molar-refractivity contribution in [3.8, 4) is 0 Å². The molecule has 0 bridgehead atoms. The van der Waals surface area contributed by atoms with E-state index in [1.807, 2.05) is 36.6 Å². The monoisotopic (exact) mass is 366 g/mol. The standard InChI is InChI=1S/C15H15BrN2S2/c1-9-6-7-10(8-11(9)16)18-12-4-3-5-13(20-2)14(12)15(17)19/h3-8,18H,1-2H3,(H2,17,19). The summed E-state index contributed by atoms with van der Waals surface area (Å²) in [6, 6.07) is 12.2. The van der Waals surface area contributed by atoms with Crippen LogP contribution in [0.5, 0.6) is 0 Å². The molecule has 0 aromatic heterocycles. The summed E-state index contributed by atoms with van der Waals surface area (Å²) in [5.74, 6) is 0. The minimum atomic E-state index is 0.406. The minimum Gasteiger partial charge on any atom is -0.389 e. The van der Waals surface area contributed by atoms with Crippen molar-refractivity contribution in [2.45, 2.75) is 11.8 Å². The van der Waals surface area contributed by atoms with Crippen molar-refractivity contribution in [1.82, 2.24) is 0 Å². The largest absolute Gasteiger partial charge is 0.389 e. The van der Waals surface area contributed by atoms with Gasteiger partial charge in [0.1, 0.15) is 4.99 Å². The zero-order chi connectivity index (χ0) is 14.7. The zero-order valence-corrected chi connectivity index (χ0v) is 14.5. The van der Waals surface area contributed by atoms with Gasteiger partial charge >= 0.3 is 0 Å². The van der Waals surface area contributed by atoms with Crippen molar-refractivity contribution in [3.05, 3.63) is 52.0 Å². The molecular formula is C15H15BrN2S2. The van der Waals surface area contributed by atoms with Crippen LogP contribution in [0.1, 0.15) is 11.1 Å². The molecule has 0 aliphatic heterocycles. The van der Waals surface area contributed by atoms with E-state index in [0.29, 0.717) is 4.99 Å². The van der Waals surface area contributed by atoms with E-state index in [9.17, 15) is 0 Å². The van der Waals surface area contributed by atoms with Gasteiger partial charge in [-0.2, -0.15) is 0 Å². The number of thioether (sulfide) groups is 1. The lowest BCUT2D eigenvalue weighted by Gasteiger charge is -2.15. The van der Waals surface area contributed by atoms with Crippen molar-refractivity contribution >= 4 is 56.3 Å². The number of aryl methyl sites for hydroxylation is 1. The van der Waals surface area contributed by atoms with Gasteiger partial charge in [0.2, 0.25) is 0 Å². The number of hydrogen-bond acceptors (Lipinski definition) is 3. The molecule has 20 heavy (non-hydrogen) atoms. The highest BCUT2D eigenvalue weighted by atomic mass is 79.9. The van der Waals surface area contributed by atoms with E-state index in [-0.39, 0.29) is 0 Å². The highest BCUT2D eigenvalue weighted by molar-refractivity contribution is 9.10. The molecule has 2 aromatic rings. The van der Waals surface area contributed by atoms with E-state index in [4.69, 9.17) is 18.0 Å². The number of anilines is 2. The predicted octanol–water partition coefficient (Wildman–Crippen LogP) is 4.86. The van der Waals surface area contributed by atoms with Crippen molar-refractivity contribution in [2.75, 3.05) is 11.6 Å². The van der Waals surface area contributed by atoms with Crippen molar-refractivity contribution in [2.24, 2.45) is 5.73 Å². The summed E-state index contributed by atoms with van der Waals surface area (Å²) in [5.41, 5.74) is 9.89. The Morgan fingerprint density at radius 2 is 2.05 bits per heavy atom. The Hall–Kier alpha value is -1.04. The average Bonchev–Trinajstić information content (AvgIpc) is 2.42. The highest BCUT2D eigenvalue weighted by Gasteiger charge is 2.11. The normalized spacial score (nSPS) is 10.3. The first-order valence-corrected chi connectivity index (χ1v) is 8.45. The Morgan fingerprint density at radius 3 is 2.65 bits per heavy atom. The molecule has 0 aliphatic carbocycles. The van der Waals surface area contributed by atoms with Gasteiger partial charge in [-0.25, -0.2) is 0 Å². The number of nitrogens with two attached hydrogens (primary N) is 1. The third kappa shape index (κ3) is 3.34. The van der Waals surface area contributed by atoms with Crippen LogP contribution < -0.4 is 11.1 Å². The fraction of sp³-hybridized carbons (Fsp3) is 0.133. The van der Waals surface area contributed by atoms with Gasteiger partial charge in [0.25, 0.3) is 0 Å². The maximum absolute atomic E-state index is 5.87. The molecule has 3 N–H and O–H groups in total. The van der Waals surface area contributed by atoms with Crippen molar-refractivity contribution in [1.29, 1.82) is 0 Å². The topological polar surface area (TPSA) is 38.0 Å². The molecule has 0 amide bonds. The first kappa shape index (κ1) is 15.4. The van der Waals surface area contributed by atoms with Gasteiger partial charge < -0.3 is 11.1 Å². The van der Waals surface area contributed by atoms with Crippen LogP contribution in [0.3, 0.4) is 0 Å². The van der Waals surface area contributed by atoms with Gasteiger partial charge in [-0.1, -0.05) is 40.3 Å². The van der Waals surface area contributed by atoms with Crippen molar-refractivity contribution in [3.63, 3.8) is 0 Å². The lowest BCUT2D eigenvalue weighted by Crippen LogP contribution is -2.13. The van der Waals surface area contributed by atoms with E-state index < -0.39 is 0 Å². The van der Waals surface area contributed by atoms with Crippen LogP contribution >= 0.6 is 39.9 Å². The Labute approximate surface area is 137 Å². The summed E-state index contributed by atoms with van der Waals surface area (Å²) in [4.78, 5) is 1.48. The van der Waals surface area contributed by atoms with E-state index in [0.717, 1.165) is 26.3 Å². The second-order valence-electron chi connectivity index (χ2n) is 4.34. The molecule has 0 atom stereocenters. The first-order valence-electron chi connectivity index (χ1n) is 6.03. The quantitative estimate of drug-likeness (QED) is 0.598. The number of halogens is 1. The Kier molecular flexibility index (Phi) is 5.07. The molecule has 0 radical (unpaired) electrons. The number of nitrogens with one attached hydrogen (secondary N) is 1. The van der Waals surface area contributed by atoms with E-state index in [1.165, 1.54) is 5.56 Å². The maximum Gasteiger partial charge on any atom is 0.107 e. The lowest BCUT2D eigenvalue weighted by molar-refractivity contribution is 1.38. The molecular weight excluding hydrogens is 352 g/mol. The van der Waals surface area contributed by atoms with Crippen LogP contribution in [-0.2, 0) is 0 Å². The predicted molar refractivity (Wildman–Crippen MR) is 96.3 cm³/mol. The molecule has 0 saturated carbocycles. The zero-order valence-electron chi connectivity index (χ0n) is 11.2. The summed E-state index contributed by atoms with van der Waals surface area (Å²) in [6.07, 6.45) is 2.02. The fourth-order valence-electron chi connectivity index (χ4n) is 1.89. The van der Waals surface area contributed by atoms with Crippen LogP contribution in [-0.4, -0.2) is 11.2 Å². The molecule has 0 heterocycles. The fourth-order valence-corrected chi connectivity index (χ4v) is 3.19. The molecule has 2 nitrogen and oxygen atoms in total. The van der Waals surface area contributed by atoms with E-state index >= 15 is 0 Å². The van der Waals surface area contributed by atoms with Crippen molar-refractivity contribution < 1.29 is 0 Å². The second-order valence-corrected chi connectivity index (χ2v) is 6.48. The lowest BCUT2D eigenvalue weighted by atomic mass is 10.1. The molecule has 5 heteroatoms. The average molecular weight is 367 g/mol. The Morgan fingerprint density at radius 1 is 1.30 bits per heavy atom. The Balaban J connectivity index is 2.42. The molecule has 0 saturated heterocycles. The molecule has 104 valence electrons. The van der Waals surface area contributed by atoms with E-state index in [1.54, 1.807) is 11.8 Å². The van der Waals surface area contributed by atoms with Gasteiger partial charge in [0.15, 0.2) is 0 Å². The van der Waals surface area contributed by atoms with Crippen LogP contribution in [0, 0.1) is 6.92 Å². The van der Waals surface area contributed by atoms with Gasteiger partial charge in [0.05, 0.1) is 0 Å². The molecule has 2 rings (SSSR count). The maximum atomic E-state index is 5.87. The number of thiocarbonyl (C=S) groups is 1. The summed E-state index contributed by atoms with van der Waals surface area (Å²) >= 11 is 10.4. The molecule has 0 unspecified atom stereocenters. The van der Waals surface area contributed by atoms with Crippen LogP contribution in [0.25, 0.3) is 0 Å². The molecule has 0 aliphatic rings. The third-order valence-corrected chi connectivity index (χ3v) is 4.78. The van der Waals surface area contributed by atoms with Crippen LogP contribution in [0.4, 0.5) is 11.4 Å². The number of benzene rings is 2. The summed E-state index contributed by atoms with van der Waals surface area (Å²) in [6.45, 7) is 2.06. The smallest absolute Gasteiger partial charge is 0.107 e. The summed E-state index contributed by atoms with van der Waals surface area (Å²) in [5, 5.41) is 3.39. The third-order valence-electron chi connectivity index (χ3n) is 2.94. The second kappa shape index (κ2) is 6.61. The summed E-state index contributed by atoms with van der Waals surface area (Å²) in [7, 11) is 0. The SMILES string of the molecule is CSc1cccc(Nc2ccc(C)c(Br)c2)c1C(N)=S. The Bertz CT molecular complexity index is 656. The highest BCUT2D eigenvalue weighted by Crippen LogP contribution is 2.30. The van der Waals surface area contributed by atoms with Crippen LogP contribution in [0.15, 0.2) is 45.8 Å². The van der Waals surface area contributed by atoms with Gasteiger partial charge in [-0.3, -0.25) is 0 Å². The van der Waals surface area contributed by atoms with Gasteiger partial charge in [-0.15, -0.1) is 11.8 Å². The molecule has 2 aromatic carbocycles. The number of rotatable bonds is 4. The van der Waals surface area contributed by atoms with Crippen LogP contribution in [0.2, 0.25) is 0 Å². The number of hydrogen-bond donors (Lipinski definition) is 2. The van der Waals surface area contributed by atoms with E-state index in [2.05, 4.69) is 34.2 Å². The minimum absolute atomic E-state index is 0.406. The first-order chi connectivity index (χ1) is 9.52. The van der Waals surface area contributed by atoms with Gasteiger partial charge in [0, 0.05) is 26.3 Å². The summed E-state index contributed by atoms with van der Waals surface area (Å²) < 4.78 is 1.07. The molecule has 0 fully saturated rings. The molecule has 0 spiro atoms.